The molecule has 1 rings (SSSR count). The van der Waals surface area contributed by atoms with Crippen LogP contribution < -0.4 is 0 Å². The summed E-state index contributed by atoms with van der Waals surface area (Å²) in [6, 6.07) is 0. The molecule has 1 aromatic heterocycles. The summed E-state index contributed by atoms with van der Waals surface area (Å²) in [5.74, 6) is 0.293. The zero-order valence-corrected chi connectivity index (χ0v) is 6.31. The molecule has 0 aliphatic carbocycles. The van der Waals surface area contributed by atoms with E-state index in [1.54, 1.807) is 0 Å². The van der Waals surface area contributed by atoms with Crippen LogP contribution in [0.15, 0.2) is 0 Å². The van der Waals surface area contributed by atoms with Crippen molar-refractivity contribution in [2.75, 3.05) is 0 Å². The maximum atomic E-state index is 10.2. The van der Waals surface area contributed by atoms with Gasteiger partial charge in [0.05, 0.1) is 7.05 Å². The van der Waals surface area contributed by atoms with Crippen molar-refractivity contribution in [1.29, 1.82) is 0 Å². The first-order valence-electron chi connectivity index (χ1n) is 3.19. The molecular formula is C5H8N4O2. The lowest BCUT2D eigenvalue weighted by Crippen LogP contribution is -1.98. The van der Waals surface area contributed by atoms with E-state index in [4.69, 9.17) is 0 Å². The van der Waals surface area contributed by atoms with Gasteiger partial charge in [-0.3, -0.25) is 0 Å². The van der Waals surface area contributed by atoms with Gasteiger partial charge in [-0.15, -0.1) is 4.68 Å². The van der Waals surface area contributed by atoms with E-state index < -0.39 is 4.92 Å². The summed E-state index contributed by atoms with van der Waals surface area (Å²) in [5, 5.41) is 14.0. The molecule has 0 unspecified atom stereocenters. The number of aromatic nitrogens is 3. The van der Waals surface area contributed by atoms with Crippen molar-refractivity contribution in [3.63, 3.8) is 0 Å². The lowest BCUT2D eigenvalue weighted by molar-refractivity contribution is -0.396. The Morgan fingerprint density at radius 1 is 1.73 bits per heavy atom. The maximum Gasteiger partial charge on any atom is 0.455 e. The molecule has 0 bridgehead atoms. The predicted octanol–water partition coefficient (Wildman–Crippen LogP) is 0.286. The van der Waals surface area contributed by atoms with E-state index in [0.29, 0.717) is 12.2 Å². The Morgan fingerprint density at radius 2 is 2.36 bits per heavy atom. The maximum absolute atomic E-state index is 10.2. The predicted molar refractivity (Wildman–Crippen MR) is 37.0 cm³/mol. The van der Waals surface area contributed by atoms with Crippen LogP contribution in [0.2, 0.25) is 0 Å². The summed E-state index contributed by atoms with van der Waals surface area (Å²) in [4.78, 5) is 13.4. The number of aryl methyl sites for hydroxylation is 2. The molecule has 6 heteroatoms. The van der Waals surface area contributed by atoms with Gasteiger partial charge in [0.2, 0.25) is 5.82 Å². The average molecular weight is 156 g/mol. The van der Waals surface area contributed by atoms with Crippen LogP contribution in [0.4, 0.5) is 5.95 Å². The third-order valence-electron chi connectivity index (χ3n) is 1.26. The van der Waals surface area contributed by atoms with E-state index in [1.807, 2.05) is 6.92 Å². The quantitative estimate of drug-likeness (QED) is 0.455. The molecule has 0 saturated carbocycles. The molecule has 11 heavy (non-hydrogen) atoms. The van der Waals surface area contributed by atoms with Gasteiger partial charge in [-0.05, 0) is 9.91 Å². The van der Waals surface area contributed by atoms with Crippen LogP contribution in [0.25, 0.3) is 0 Å². The molecule has 0 aromatic carbocycles. The molecule has 1 heterocycles. The van der Waals surface area contributed by atoms with E-state index in [-0.39, 0.29) is 5.95 Å². The highest BCUT2D eigenvalue weighted by Gasteiger charge is 2.16. The van der Waals surface area contributed by atoms with Crippen LogP contribution in [0.5, 0.6) is 0 Å². The van der Waals surface area contributed by atoms with Crippen molar-refractivity contribution < 1.29 is 4.92 Å². The van der Waals surface area contributed by atoms with Gasteiger partial charge in [0, 0.05) is 6.42 Å². The van der Waals surface area contributed by atoms with Crippen molar-refractivity contribution in [2.45, 2.75) is 13.3 Å². The second-order valence-corrected chi connectivity index (χ2v) is 2.06. The number of rotatable bonds is 2. The molecule has 0 aliphatic heterocycles. The standard InChI is InChI=1S/C5H8N4O2/c1-3-4-6-5(9(10)11)8(2)7-4/h3H2,1-2H3. The zero-order chi connectivity index (χ0) is 8.43. The normalized spacial score (nSPS) is 10.0. The highest BCUT2D eigenvalue weighted by Crippen LogP contribution is 2.05. The average Bonchev–Trinajstić information content (AvgIpc) is 2.30. The van der Waals surface area contributed by atoms with Crippen molar-refractivity contribution in [3.05, 3.63) is 15.9 Å². The van der Waals surface area contributed by atoms with Crippen molar-refractivity contribution in [2.24, 2.45) is 7.05 Å². The van der Waals surface area contributed by atoms with Gasteiger partial charge in [-0.1, -0.05) is 12.0 Å². The fourth-order valence-electron chi connectivity index (χ4n) is 0.737. The van der Waals surface area contributed by atoms with Crippen molar-refractivity contribution >= 4 is 5.95 Å². The Labute approximate surface area is 63.0 Å². The van der Waals surface area contributed by atoms with Crippen molar-refractivity contribution in [3.8, 4) is 0 Å². The first-order chi connectivity index (χ1) is 5.15. The summed E-state index contributed by atoms with van der Waals surface area (Å²) in [6.45, 7) is 1.85. The minimum atomic E-state index is -0.549. The Balaban J connectivity index is 3.07. The SMILES string of the molecule is CCc1nc([N+](=O)[O-])n(C)n1. The lowest BCUT2D eigenvalue weighted by Gasteiger charge is -1.88. The Kier molecular flexibility index (Phi) is 1.84. The first-order valence-corrected chi connectivity index (χ1v) is 3.19. The number of nitro groups is 1. The van der Waals surface area contributed by atoms with Crippen LogP contribution in [-0.2, 0) is 13.5 Å². The molecular weight excluding hydrogens is 148 g/mol. The largest absolute Gasteiger partial charge is 0.455 e. The second kappa shape index (κ2) is 2.65. The van der Waals surface area contributed by atoms with Gasteiger partial charge in [-0.2, -0.15) is 0 Å². The van der Waals surface area contributed by atoms with Crippen LogP contribution in [0.1, 0.15) is 12.7 Å². The second-order valence-electron chi connectivity index (χ2n) is 2.06. The number of nitrogens with zero attached hydrogens (tertiary/aromatic N) is 4. The molecule has 0 saturated heterocycles. The van der Waals surface area contributed by atoms with Crippen molar-refractivity contribution in [1.82, 2.24) is 14.8 Å². The highest BCUT2D eigenvalue weighted by molar-refractivity contribution is 5.04. The van der Waals surface area contributed by atoms with Crippen LogP contribution in [0, 0.1) is 10.1 Å². The lowest BCUT2D eigenvalue weighted by atomic mass is 10.5. The Bertz CT molecular complexity index is 280. The van der Waals surface area contributed by atoms with Crippen LogP contribution in [-0.4, -0.2) is 19.7 Å². The summed E-state index contributed by atoms with van der Waals surface area (Å²) in [6.07, 6.45) is 0.613. The minimum absolute atomic E-state index is 0.207. The Hall–Kier alpha value is -1.46. The fourth-order valence-corrected chi connectivity index (χ4v) is 0.737. The molecule has 0 radical (unpaired) electrons. The van der Waals surface area contributed by atoms with E-state index in [1.165, 1.54) is 11.7 Å². The van der Waals surface area contributed by atoms with Crippen LogP contribution >= 0.6 is 0 Å². The van der Waals surface area contributed by atoms with Gasteiger partial charge in [0.25, 0.3) is 0 Å². The topological polar surface area (TPSA) is 73.8 Å². The molecule has 0 fully saturated rings. The van der Waals surface area contributed by atoms with Gasteiger partial charge in [-0.25, -0.2) is 0 Å². The number of hydrogen-bond acceptors (Lipinski definition) is 4. The Morgan fingerprint density at radius 3 is 2.64 bits per heavy atom. The molecule has 0 N–H and O–H groups in total. The summed E-state index contributed by atoms with van der Waals surface area (Å²) in [7, 11) is 1.50. The molecule has 0 amide bonds. The summed E-state index contributed by atoms with van der Waals surface area (Å²) >= 11 is 0. The molecule has 0 atom stereocenters. The molecule has 6 nitrogen and oxygen atoms in total. The van der Waals surface area contributed by atoms with Crippen LogP contribution in [0.3, 0.4) is 0 Å². The third-order valence-corrected chi connectivity index (χ3v) is 1.26. The van der Waals surface area contributed by atoms with E-state index in [0.717, 1.165) is 0 Å². The molecule has 0 aliphatic rings. The number of hydrogen-bond donors (Lipinski definition) is 0. The van der Waals surface area contributed by atoms with Gasteiger partial charge >= 0.3 is 5.95 Å². The fraction of sp³-hybridized carbons (Fsp3) is 0.600. The highest BCUT2D eigenvalue weighted by atomic mass is 16.6. The third kappa shape index (κ3) is 1.34. The summed E-state index contributed by atoms with van der Waals surface area (Å²) < 4.78 is 1.17. The zero-order valence-electron chi connectivity index (χ0n) is 6.31. The van der Waals surface area contributed by atoms with E-state index in [2.05, 4.69) is 10.1 Å². The van der Waals surface area contributed by atoms with Gasteiger partial charge < -0.3 is 10.1 Å². The first kappa shape index (κ1) is 7.64. The van der Waals surface area contributed by atoms with E-state index >= 15 is 0 Å². The smallest absolute Gasteiger partial charge is 0.390 e. The monoisotopic (exact) mass is 156 g/mol. The molecule has 0 spiro atoms. The molecule has 1 aromatic rings. The van der Waals surface area contributed by atoms with Gasteiger partial charge in [0.1, 0.15) is 0 Å². The van der Waals surface area contributed by atoms with Gasteiger partial charge in [0.15, 0.2) is 0 Å². The molecule has 60 valence electrons. The van der Waals surface area contributed by atoms with E-state index in [9.17, 15) is 10.1 Å². The minimum Gasteiger partial charge on any atom is -0.390 e. The summed E-state index contributed by atoms with van der Waals surface area (Å²) in [5.41, 5.74) is 0.